The zero-order valence-electron chi connectivity index (χ0n) is 8.77. The third kappa shape index (κ3) is 4.17. The molecule has 3 nitrogen and oxygen atoms in total. The summed E-state index contributed by atoms with van der Waals surface area (Å²) in [4.78, 5) is 14.2. The van der Waals surface area contributed by atoms with Crippen LogP contribution in [-0.4, -0.2) is 16.6 Å². The Kier molecular flexibility index (Phi) is 4.92. The number of rotatable bonds is 4. The van der Waals surface area contributed by atoms with Gasteiger partial charge in [0.2, 0.25) is 0 Å². The van der Waals surface area contributed by atoms with Gasteiger partial charge in [0.25, 0.3) is 11.7 Å². The second-order valence-corrected chi connectivity index (χ2v) is 3.73. The highest BCUT2D eigenvalue weighted by Gasteiger charge is 2.34. The Morgan fingerprint density at radius 3 is 2.37 bits per heavy atom. The first-order valence-electron chi connectivity index (χ1n) is 4.49. The molecule has 1 heterocycles. The molecular formula is C9H4Cl2F5NO2. The number of hydrogen-bond acceptors (Lipinski definition) is 3. The van der Waals surface area contributed by atoms with E-state index in [4.69, 9.17) is 23.2 Å². The normalized spacial score (nSPS) is 11.8. The Labute approximate surface area is 113 Å². The molecule has 0 unspecified atom stereocenters. The number of nitrogens with zero attached hydrogens (tertiary/aromatic N) is 1. The SMILES string of the molecule is O=C(Cl)c1cc(OC(F)(F)F)c(C(F)F)nc1CCl. The molecule has 0 N–H and O–H groups in total. The Morgan fingerprint density at radius 2 is 2.00 bits per heavy atom. The average molecular weight is 324 g/mol. The molecule has 0 aromatic carbocycles. The number of carbonyl (C=O) groups is 1. The van der Waals surface area contributed by atoms with Crippen LogP contribution in [0.4, 0.5) is 22.0 Å². The molecule has 0 amide bonds. The van der Waals surface area contributed by atoms with Crippen LogP contribution < -0.4 is 4.74 Å². The van der Waals surface area contributed by atoms with E-state index in [9.17, 15) is 26.7 Å². The van der Waals surface area contributed by atoms with Gasteiger partial charge in [-0.25, -0.2) is 13.8 Å². The van der Waals surface area contributed by atoms with Crippen LogP contribution in [0, 0.1) is 0 Å². The van der Waals surface area contributed by atoms with Crippen molar-refractivity contribution >= 4 is 28.4 Å². The lowest BCUT2D eigenvalue weighted by Crippen LogP contribution is -2.19. The highest BCUT2D eigenvalue weighted by Crippen LogP contribution is 2.34. The molecular weight excluding hydrogens is 320 g/mol. The molecule has 1 aromatic heterocycles. The van der Waals surface area contributed by atoms with E-state index in [0.29, 0.717) is 6.07 Å². The smallest absolute Gasteiger partial charge is 0.404 e. The third-order valence-electron chi connectivity index (χ3n) is 1.86. The molecule has 0 saturated carbocycles. The second kappa shape index (κ2) is 5.87. The second-order valence-electron chi connectivity index (χ2n) is 3.12. The summed E-state index contributed by atoms with van der Waals surface area (Å²) in [6.45, 7) is 0. The number of pyridine rings is 1. The summed E-state index contributed by atoms with van der Waals surface area (Å²) in [5.41, 5.74) is -2.15. The molecule has 106 valence electrons. The first-order chi connectivity index (χ1) is 8.65. The molecule has 0 saturated heterocycles. The van der Waals surface area contributed by atoms with Gasteiger partial charge in [-0.05, 0) is 17.7 Å². The molecule has 0 aliphatic heterocycles. The van der Waals surface area contributed by atoms with E-state index < -0.39 is 40.9 Å². The molecule has 1 aromatic rings. The van der Waals surface area contributed by atoms with Crippen LogP contribution in [0.15, 0.2) is 6.07 Å². The molecule has 0 aliphatic carbocycles. The summed E-state index contributed by atoms with van der Waals surface area (Å²) < 4.78 is 64.7. The maximum absolute atomic E-state index is 12.6. The summed E-state index contributed by atoms with van der Waals surface area (Å²) in [5, 5.41) is -1.18. The minimum atomic E-state index is -5.21. The van der Waals surface area contributed by atoms with E-state index in [1.165, 1.54) is 0 Å². The van der Waals surface area contributed by atoms with Crippen molar-refractivity contribution in [2.24, 2.45) is 0 Å². The minimum absolute atomic E-state index is 0.355. The van der Waals surface area contributed by atoms with Gasteiger partial charge in [-0.3, -0.25) is 4.79 Å². The first kappa shape index (κ1) is 15.9. The number of ether oxygens (including phenoxy) is 1. The molecule has 0 aliphatic rings. The summed E-state index contributed by atoms with van der Waals surface area (Å²) in [5.74, 6) is -1.76. The minimum Gasteiger partial charge on any atom is -0.404 e. The monoisotopic (exact) mass is 323 g/mol. The van der Waals surface area contributed by atoms with Gasteiger partial charge in [-0.15, -0.1) is 24.8 Å². The first-order valence-corrected chi connectivity index (χ1v) is 5.40. The summed E-state index contributed by atoms with van der Waals surface area (Å²) in [6, 6.07) is 0.440. The average Bonchev–Trinajstić information content (AvgIpc) is 2.25. The highest BCUT2D eigenvalue weighted by molar-refractivity contribution is 6.68. The van der Waals surface area contributed by atoms with Crippen molar-refractivity contribution in [2.45, 2.75) is 18.7 Å². The molecule has 0 fully saturated rings. The maximum atomic E-state index is 12.6. The van der Waals surface area contributed by atoms with Gasteiger partial charge in [-0.2, -0.15) is 0 Å². The van der Waals surface area contributed by atoms with E-state index >= 15 is 0 Å². The van der Waals surface area contributed by atoms with E-state index in [1.807, 2.05) is 0 Å². The Hall–Kier alpha value is -1.15. The van der Waals surface area contributed by atoms with E-state index in [-0.39, 0.29) is 5.69 Å². The summed E-state index contributed by atoms with van der Waals surface area (Å²) in [6.07, 6.45) is -8.54. The van der Waals surface area contributed by atoms with Crippen LogP contribution in [0.5, 0.6) is 5.75 Å². The molecule has 0 spiro atoms. The van der Waals surface area contributed by atoms with Crippen LogP contribution in [0.2, 0.25) is 0 Å². The zero-order chi connectivity index (χ0) is 14.8. The highest BCUT2D eigenvalue weighted by atomic mass is 35.5. The van der Waals surface area contributed by atoms with Crippen molar-refractivity contribution in [3.8, 4) is 5.75 Å². The van der Waals surface area contributed by atoms with Gasteiger partial charge >= 0.3 is 6.36 Å². The van der Waals surface area contributed by atoms with Gasteiger partial charge in [0.15, 0.2) is 5.75 Å². The van der Waals surface area contributed by atoms with Crippen molar-refractivity contribution in [3.63, 3.8) is 0 Å². The Morgan fingerprint density at radius 1 is 1.42 bits per heavy atom. The van der Waals surface area contributed by atoms with Crippen molar-refractivity contribution in [1.29, 1.82) is 0 Å². The number of carbonyl (C=O) groups excluding carboxylic acids is 1. The van der Waals surface area contributed by atoms with Crippen LogP contribution in [-0.2, 0) is 5.88 Å². The zero-order valence-corrected chi connectivity index (χ0v) is 10.3. The quantitative estimate of drug-likeness (QED) is 0.477. The fourth-order valence-electron chi connectivity index (χ4n) is 1.18. The largest absolute Gasteiger partial charge is 0.573 e. The van der Waals surface area contributed by atoms with Gasteiger partial charge in [-0.1, -0.05) is 0 Å². The van der Waals surface area contributed by atoms with Crippen molar-refractivity contribution < 1.29 is 31.5 Å². The van der Waals surface area contributed by atoms with Crippen molar-refractivity contribution in [1.82, 2.24) is 4.98 Å². The van der Waals surface area contributed by atoms with E-state index in [2.05, 4.69) is 9.72 Å². The van der Waals surface area contributed by atoms with Crippen LogP contribution in [0.1, 0.15) is 28.2 Å². The van der Waals surface area contributed by atoms with Gasteiger partial charge < -0.3 is 4.74 Å². The molecule has 0 bridgehead atoms. The lowest BCUT2D eigenvalue weighted by atomic mass is 10.2. The lowest BCUT2D eigenvalue weighted by molar-refractivity contribution is -0.275. The van der Waals surface area contributed by atoms with Crippen molar-refractivity contribution in [3.05, 3.63) is 23.0 Å². The number of alkyl halides is 6. The summed E-state index contributed by atoms with van der Waals surface area (Å²) in [7, 11) is 0. The Bertz CT molecular complexity index is 492. The number of aromatic nitrogens is 1. The number of halogens is 7. The lowest BCUT2D eigenvalue weighted by Gasteiger charge is -2.14. The van der Waals surface area contributed by atoms with E-state index in [0.717, 1.165) is 0 Å². The van der Waals surface area contributed by atoms with Crippen LogP contribution >= 0.6 is 23.2 Å². The molecule has 19 heavy (non-hydrogen) atoms. The van der Waals surface area contributed by atoms with Gasteiger partial charge in [0.05, 0.1) is 17.1 Å². The predicted octanol–water partition coefficient (Wildman–Crippen LogP) is 4.04. The summed E-state index contributed by atoms with van der Waals surface area (Å²) >= 11 is 10.5. The number of hydrogen-bond donors (Lipinski definition) is 0. The van der Waals surface area contributed by atoms with Crippen molar-refractivity contribution in [2.75, 3.05) is 0 Å². The van der Waals surface area contributed by atoms with E-state index in [1.54, 1.807) is 0 Å². The van der Waals surface area contributed by atoms with Gasteiger partial charge in [0.1, 0.15) is 5.69 Å². The topological polar surface area (TPSA) is 39.2 Å². The fraction of sp³-hybridized carbons (Fsp3) is 0.333. The van der Waals surface area contributed by atoms with Gasteiger partial charge in [0, 0.05) is 0 Å². The Balaban J connectivity index is 3.41. The predicted molar refractivity (Wildman–Crippen MR) is 55.6 cm³/mol. The van der Waals surface area contributed by atoms with Crippen LogP contribution in [0.25, 0.3) is 0 Å². The maximum Gasteiger partial charge on any atom is 0.573 e. The standard InChI is InChI=1S/C9H4Cl2F5NO2/c10-2-4-3(7(11)18)1-5(19-9(14,15)16)6(17-4)8(12)13/h1,8H,2H2. The molecule has 10 heteroatoms. The van der Waals surface area contributed by atoms with Crippen LogP contribution in [0.3, 0.4) is 0 Å². The fourth-order valence-corrected chi connectivity index (χ4v) is 1.55. The molecule has 0 radical (unpaired) electrons. The molecule has 1 rings (SSSR count). The third-order valence-corrected chi connectivity index (χ3v) is 2.32. The molecule has 0 atom stereocenters.